The van der Waals surface area contributed by atoms with E-state index >= 15 is 0 Å². The molecule has 0 saturated carbocycles. The van der Waals surface area contributed by atoms with Crippen LogP contribution in [0.25, 0.3) is 5.69 Å². The van der Waals surface area contributed by atoms with Crippen molar-refractivity contribution in [1.82, 2.24) is 25.3 Å². The summed E-state index contributed by atoms with van der Waals surface area (Å²) in [4.78, 5) is 18.9. The molecular formula is C21H31IN6O. The molecule has 1 aliphatic rings. The van der Waals surface area contributed by atoms with E-state index < -0.39 is 0 Å². The predicted molar refractivity (Wildman–Crippen MR) is 127 cm³/mol. The molecule has 1 aromatic heterocycles. The van der Waals surface area contributed by atoms with E-state index in [2.05, 4.69) is 28.7 Å². The maximum absolute atomic E-state index is 12.2. The van der Waals surface area contributed by atoms with Crippen molar-refractivity contribution in [2.24, 2.45) is 10.9 Å². The van der Waals surface area contributed by atoms with Gasteiger partial charge in [0.05, 0.1) is 12.2 Å². The van der Waals surface area contributed by atoms with Crippen molar-refractivity contribution in [3.8, 4) is 5.69 Å². The maximum atomic E-state index is 12.2. The molecule has 1 unspecified atom stereocenters. The van der Waals surface area contributed by atoms with Crippen molar-refractivity contribution in [1.29, 1.82) is 0 Å². The molecule has 0 spiro atoms. The number of aromatic nitrogens is 2. The Morgan fingerprint density at radius 2 is 2.10 bits per heavy atom. The number of nitrogens with zero attached hydrogens (tertiary/aromatic N) is 4. The summed E-state index contributed by atoms with van der Waals surface area (Å²) in [5.41, 5.74) is 2.13. The molecule has 2 heterocycles. The molecule has 29 heavy (non-hydrogen) atoms. The summed E-state index contributed by atoms with van der Waals surface area (Å²) in [5, 5.41) is 11.1. The third-order valence-corrected chi connectivity index (χ3v) is 4.83. The maximum Gasteiger partial charge on any atom is 0.225 e. The number of aliphatic imine (C=N–C) groups is 1. The van der Waals surface area contributed by atoms with E-state index in [4.69, 9.17) is 4.99 Å². The van der Waals surface area contributed by atoms with Gasteiger partial charge in [0.2, 0.25) is 5.91 Å². The van der Waals surface area contributed by atoms with Crippen LogP contribution in [-0.2, 0) is 11.3 Å². The molecule has 1 aliphatic heterocycles. The van der Waals surface area contributed by atoms with Gasteiger partial charge in [0, 0.05) is 44.0 Å². The minimum absolute atomic E-state index is 0. The molecule has 1 fully saturated rings. The van der Waals surface area contributed by atoms with Crippen LogP contribution >= 0.6 is 24.0 Å². The Hall–Kier alpha value is -2.10. The summed E-state index contributed by atoms with van der Waals surface area (Å²) in [7, 11) is 0. The second kappa shape index (κ2) is 11.2. The number of para-hydroxylation sites is 1. The number of hydrogen-bond acceptors (Lipinski definition) is 3. The fraction of sp³-hybridized carbons (Fsp3) is 0.476. The van der Waals surface area contributed by atoms with E-state index in [9.17, 15) is 4.79 Å². The average Bonchev–Trinajstić information content (AvgIpc) is 3.38. The zero-order valence-corrected chi connectivity index (χ0v) is 19.7. The van der Waals surface area contributed by atoms with Crippen LogP contribution in [0.5, 0.6) is 0 Å². The minimum atomic E-state index is 0. The SMILES string of the molecule is CCNC(=NCc1ccccc1-n1cccn1)NC1CCN(C(=O)C(C)C)C1.I. The van der Waals surface area contributed by atoms with Crippen molar-refractivity contribution < 1.29 is 4.79 Å². The molecule has 2 N–H and O–H groups in total. The number of amides is 1. The number of likely N-dealkylation sites (tertiary alicyclic amines) is 1. The summed E-state index contributed by atoms with van der Waals surface area (Å²) < 4.78 is 1.86. The van der Waals surface area contributed by atoms with Gasteiger partial charge in [0.15, 0.2) is 5.96 Å². The average molecular weight is 510 g/mol. The van der Waals surface area contributed by atoms with Gasteiger partial charge < -0.3 is 15.5 Å². The standard InChI is InChI=1S/C21H30N6O.HI/c1-4-22-21(25-18-10-13-26(15-18)20(28)16(2)3)23-14-17-8-5-6-9-19(17)27-12-7-11-24-27;/h5-9,11-12,16,18H,4,10,13-15H2,1-3H3,(H2,22,23,25);1H. The molecule has 8 heteroatoms. The molecule has 1 aromatic carbocycles. The zero-order chi connectivity index (χ0) is 19.9. The van der Waals surface area contributed by atoms with E-state index in [-0.39, 0.29) is 41.8 Å². The Balaban J connectivity index is 0.00000300. The molecule has 0 radical (unpaired) electrons. The first kappa shape index (κ1) is 23.2. The monoisotopic (exact) mass is 510 g/mol. The summed E-state index contributed by atoms with van der Waals surface area (Å²) in [6.45, 7) is 8.82. The van der Waals surface area contributed by atoms with Crippen molar-refractivity contribution in [2.75, 3.05) is 19.6 Å². The molecule has 158 valence electrons. The largest absolute Gasteiger partial charge is 0.357 e. The third kappa shape index (κ3) is 6.19. The summed E-state index contributed by atoms with van der Waals surface area (Å²) in [6.07, 6.45) is 4.65. The van der Waals surface area contributed by atoms with E-state index in [0.29, 0.717) is 6.54 Å². The lowest BCUT2D eigenvalue weighted by Gasteiger charge is -2.20. The van der Waals surface area contributed by atoms with Gasteiger partial charge in [-0.3, -0.25) is 4.79 Å². The summed E-state index contributed by atoms with van der Waals surface area (Å²) in [6, 6.07) is 10.3. The normalized spacial score (nSPS) is 16.6. The van der Waals surface area contributed by atoms with Gasteiger partial charge in [0.25, 0.3) is 0 Å². The van der Waals surface area contributed by atoms with E-state index in [1.54, 1.807) is 6.20 Å². The van der Waals surface area contributed by atoms with Crippen molar-refractivity contribution in [2.45, 2.75) is 39.8 Å². The summed E-state index contributed by atoms with van der Waals surface area (Å²) in [5.74, 6) is 1.04. The highest BCUT2D eigenvalue weighted by Crippen LogP contribution is 2.15. The number of carbonyl (C=O) groups is 1. The molecule has 1 amide bonds. The smallest absolute Gasteiger partial charge is 0.225 e. The summed E-state index contributed by atoms with van der Waals surface area (Å²) >= 11 is 0. The predicted octanol–water partition coefficient (Wildman–Crippen LogP) is 2.80. The first-order valence-electron chi connectivity index (χ1n) is 10.00. The van der Waals surface area contributed by atoms with Crippen LogP contribution in [0.3, 0.4) is 0 Å². The molecular weight excluding hydrogens is 479 g/mol. The van der Waals surface area contributed by atoms with Gasteiger partial charge in [-0.15, -0.1) is 24.0 Å². The van der Waals surface area contributed by atoms with Gasteiger partial charge in [0.1, 0.15) is 0 Å². The highest BCUT2D eigenvalue weighted by Gasteiger charge is 2.27. The molecule has 0 aliphatic carbocycles. The van der Waals surface area contributed by atoms with Gasteiger partial charge in [-0.25, -0.2) is 9.67 Å². The Morgan fingerprint density at radius 3 is 2.79 bits per heavy atom. The van der Waals surface area contributed by atoms with Crippen molar-refractivity contribution >= 4 is 35.8 Å². The van der Waals surface area contributed by atoms with Crippen LogP contribution in [0.2, 0.25) is 0 Å². The number of benzene rings is 1. The number of carbonyl (C=O) groups excluding carboxylic acids is 1. The highest BCUT2D eigenvalue weighted by molar-refractivity contribution is 14.0. The highest BCUT2D eigenvalue weighted by atomic mass is 127. The van der Waals surface area contributed by atoms with Gasteiger partial charge >= 0.3 is 0 Å². The first-order valence-corrected chi connectivity index (χ1v) is 10.00. The first-order chi connectivity index (χ1) is 13.6. The molecule has 0 bridgehead atoms. The zero-order valence-electron chi connectivity index (χ0n) is 17.3. The van der Waals surface area contributed by atoms with Crippen LogP contribution in [0, 0.1) is 5.92 Å². The van der Waals surface area contributed by atoms with Gasteiger partial charge in [-0.05, 0) is 31.0 Å². The fourth-order valence-corrected chi connectivity index (χ4v) is 3.40. The number of nitrogens with one attached hydrogen (secondary N) is 2. The van der Waals surface area contributed by atoms with Crippen LogP contribution in [0.4, 0.5) is 0 Å². The van der Waals surface area contributed by atoms with E-state index in [1.807, 2.05) is 53.9 Å². The Morgan fingerprint density at radius 1 is 1.31 bits per heavy atom. The fourth-order valence-electron chi connectivity index (χ4n) is 3.40. The topological polar surface area (TPSA) is 74.6 Å². The van der Waals surface area contributed by atoms with E-state index in [1.165, 1.54) is 0 Å². The Kier molecular flexibility index (Phi) is 8.94. The second-order valence-corrected chi connectivity index (χ2v) is 7.34. The van der Waals surface area contributed by atoms with Gasteiger partial charge in [-0.2, -0.15) is 5.10 Å². The third-order valence-electron chi connectivity index (χ3n) is 4.83. The number of rotatable bonds is 6. The molecule has 1 saturated heterocycles. The lowest BCUT2D eigenvalue weighted by Crippen LogP contribution is -2.45. The molecule has 7 nitrogen and oxygen atoms in total. The van der Waals surface area contributed by atoms with Crippen LogP contribution in [0.1, 0.15) is 32.8 Å². The number of halogens is 1. The Bertz CT molecular complexity index is 805. The van der Waals surface area contributed by atoms with Crippen LogP contribution < -0.4 is 10.6 Å². The molecule has 3 rings (SSSR count). The van der Waals surface area contributed by atoms with Crippen LogP contribution in [-0.4, -0.2) is 52.2 Å². The lowest BCUT2D eigenvalue weighted by molar-refractivity contribution is -0.133. The van der Waals surface area contributed by atoms with Gasteiger partial charge in [-0.1, -0.05) is 32.0 Å². The van der Waals surface area contributed by atoms with E-state index in [0.717, 1.165) is 43.3 Å². The Labute approximate surface area is 190 Å². The second-order valence-electron chi connectivity index (χ2n) is 7.34. The minimum Gasteiger partial charge on any atom is -0.357 e. The lowest BCUT2D eigenvalue weighted by atomic mass is 10.2. The van der Waals surface area contributed by atoms with Crippen molar-refractivity contribution in [3.63, 3.8) is 0 Å². The van der Waals surface area contributed by atoms with Crippen LogP contribution in [0.15, 0.2) is 47.7 Å². The van der Waals surface area contributed by atoms with Crippen molar-refractivity contribution in [3.05, 3.63) is 48.3 Å². The number of guanidine groups is 1. The molecule has 2 aromatic rings. The molecule has 1 atom stereocenters. The quantitative estimate of drug-likeness (QED) is 0.356. The number of hydrogen-bond donors (Lipinski definition) is 2.